The average Bonchev–Trinajstić information content (AvgIpc) is 3.23. The molecule has 0 aliphatic carbocycles. The number of nitrogens with zero attached hydrogens (tertiary/aromatic N) is 3. The Kier molecular flexibility index (Phi) is 3.93. The zero-order valence-electron chi connectivity index (χ0n) is 12.6. The summed E-state index contributed by atoms with van der Waals surface area (Å²) in [5, 5.41) is 7.22. The highest BCUT2D eigenvalue weighted by atomic mass is 32.1. The number of hydrazine groups is 1. The van der Waals surface area contributed by atoms with E-state index in [1.165, 1.54) is 12.1 Å². The van der Waals surface area contributed by atoms with E-state index in [-0.39, 0.29) is 17.9 Å². The maximum absolute atomic E-state index is 13.1. The number of hydrogen-bond donors (Lipinski definition) is 3. The molecule has 1 saturated heterocycles. The molecule has 3 N–H and O–H groups in total. The summed E-state index contributed by atoms with van der Waals surface area (Å²) in [4.78, 5) is 4.14. The van der Waals surface area contributed by atoms with Crippen molar-refractivity contribution in [1.82, 2.24) is 30.6 Å². The molecule has 3 heterocycles. The van der Waals surface area contributed by atoms with Crippen LogP contribution in [0, 0.1) is 10.6 Å². The first-order valence-electron chi connectivity index (χ1n) is 7.56. The van der Waals surface area contributed by atoms with Crippen molar-refractivity contribution in [2.24, 2.45) is 0 Å². The van der Waals surface area contributed by atoms with Crippen molar-refractivity contribution >= 4 is 12.2 Å². The number of H-pyrrole nitrogens is 1. The molecule has 2 atom stereocenters. The molecule has 0 spiro atoms. The van der Waals surface area contributed by atoms with Crippen LogP contribution < -0.4 is 10.9 Å². The van der Waals surface area contributed by atoms with E-state index in [2.05, 4.69) is 26.0 Å². The van der Waals surface area contributed by atoms with Gasteiger partial charge in [0.05, 0.1) is 17.9 Å². The number of benzene rings is 1. The monoisotopic (exact) mass is 342 g/mol. The Labute approximate surface area is 142 Å². The van der Waals surface area contributed by atoms with Gasteiger partial charge in [0.15, 0.2) is 10.6 Å². The minimum absolute atomic E-state index is 0.0341. The zero-order valence-corrected chi connectivity index (χ0v) is 13.4. The van der Waals surface area contributed by atoms with Crippen LogP contribution >= 0.6 is 12.2 Å². The van der Waals surface area contributed by atoms with Crippen LogP contribution in [0.2, 0.25) is 0 Å². The van der Waals surface area contributed by atoms with Crippen LogP contribution in [0.15, 0.2) is 48.8 Å². The van der Waals surface area contributed by atoms with E-state index >= 15 is 0 Å². The lowest BCUT2D eigenvalue weighted by molar-refractivity contribution is 0.534. The molecule has 6 nitrogen and oxygen atoms in total. The van der Waals surface area contributed by atoms with Crippen molar-refractivity contribution in [2.45, 2.75) is 18.5 Å². The first-order chi connectivity index (χ1) is 11.7. The molecule has 0 amide bonds. The van der Waals surface area contributed by atoms with Crippen molar-refractivity contribution in [2.75, 3.05) is 0 Å². The molecule has 122 valence electrons. The topological polar surface area (TPSA) is 70.6 Å². The minimum atomic E-state index is -0.237. The maximum atomic E-state index is 13.1. The van der Waals surface area contributed by atoms with E-state index in [9.17, 15) is 4.39 Å². The average molecular weight is 342 g/mol. The summed E-state index contributed by atoms with van der Waals surface area (Å²) in [6.07, 6.45) is 4.23. The summed E-state index contributed by atoms with van der Waals surface area (Å²) in [6.45, 7) is 0. The maximum Gasteiger partial charge on any atom is 0.199 e. The molecule has 4 rings (SSSR count). The van der Waals surface area contributed by atoms with Crippen molar-refractivity contribution in [3.8, 4) is 5.69 Å². The summed E-state index contributed by atoms with van der Waals surface area (Å²) in [7, 11) is 0. The van der Waals surface area contributed by atoms with Crippen LogP contribution in [0.4, 0.5) is 4.39 Å². The van der Waals surface area contributed by atoms with E-state index in [0.29, 0.717) is 4.77 Å². The Balaban J connectivity index is 1.62. The van der Waals surface area contributed by atoms with Gasteiger partial charge in [-0.15, -0.1) is 0 Å². The molecule has 24 heavy (non-hydrogen) atoms. The molecule has 1 aliphatic heterocycles. The van der Waals surface area contributed by atoms with Gasteiger partial charge in [-0.1, -0.05) is 12.1 Å². The first kappa shape index (κ1) is 15.1. The van der Waals surface area contributed by atoms with E-state index < -0.39 is 0 Å². The van der Waals surface area contributed by atoms with Crippen LogP contribution in [0.5, 0.6) is 0 Å². The Morgan fingerprint density at radius 2 is 1.92 bits per heavy atom. The second-order valence-corrected chi connectivity index (χ2v) is 6.00. The van der Waals surface area contributed by atoms with Crippen LogP contribution in [-0.2, 0) is 0 Å². The smallest absolute Gasteiger partial charge is 0.199 e. The number of pyridine rings is 1. The van der Waals surface area contributed by atoms with Crippen LogP contribution in [0.1, 0.15) is 29.9 Å². The fourth-order valence-corrected chi connectivity index (χ4v) is 3.16. The lowest BCUT2D eigenvalue weighted by atomic mass is 10.0. The molecule has 0 radical (unpaired) electrons. The molecule has 2 aromatic heterocycles. The van der Waals surface area contributed by atoms with Crippen molar-refractivity contribution in [1.29, 1.82) is 0 Å². The lowest BCUT2D eigenvalue weighted by Crippen LogP contribution is -2.28. The fraction of sp³-hybridized carbons (Fsp3) is 0.188. The summed E-state index contributed by atoms with van der Waals surface area (Å²) in [5.74, 6) is 0.545. The summed E-state index contributed by atoms with van der Waals surface area (Å²) in [6, 6.07) is 10.3. The van der Waals surface area contributed by atoms with E-state index in [4.69, 9.17) is 12.2 Å². The molecule has 2 unspecified atom stereocenters. The van der Waals surface area contributed by atoms with Gasteiger partial charge in [0.1, 0.15) is 5.82 Å². The molecule has 8 heteroatoms. The number of rotatable bonds is 3. The van der Waals surface area contributed by atoms with Gasteiger partial charge >= 0.3 is 0 Å². The molecule has 1 aromatic carbocycles. The van der Waals surface area contributed by atoms with Gasteiger partial charge in [-0.2, -0.15) is 5.10 Å². The summed E-state index contributed by atoms with van der Waals surface area (Å²) < 4.78 is 15.5. The van der Waals surface area contributed by atoms with Crippen LogP contribution in [0.25, 0.3) is 5.69 Å². The molecular weight excluding hydrogens is 327 g/mol. The van der Waals surface area contributed by atoms with Gasteiger partial charge in [0.2, 0.25) is 0 Å². The highest BCUT2D eigenvalue weighted by Crippen LogP contribution is 2.30. The van der Waals surface area contributed by atoms with Crippen LogP contribution in [0.3, 0.4) is 0 Å². The zero-order chi connectivity index (χ0) is 16.5. The number of halogens is 1. The van der Waals surface area contributed by atoms with E-state index in [1.54, 1.807) is 24.5 Å². The van der Waals surface area contributed by atoms with Gasteiger partial charge in [-0.05, 0) is 48.5 Å². The third-order valence-corrected chi connectivity index (χ3v) is 4.36. The number of hydrogen-bond acceptors (Lipinski definition) is 5. The lowest BCUT2D eigenvalue weighted by Gasteiger charge is -2.11. The fourth-order valence-electron chi connectivity index (χ4n) is 2.92. The van der Waals surface area contributed by atoms with Crippen LogP contribution in [-0.4, -0.2) is 19.7 Å². The summed E-state index contributed by atoms with van der Waals surface area (Å²) >= 11 is 5.35. The third kappa shape index (κ3) is 2.75. The van der Waals surface area contributed by atoms with Gasteiger partial charge in [0.25, 0.3) is 0 Å². The molecule has 3 aromatic rings. The Hall–Kier alpha value is -2.42. The largest absolute Gasteiger partial charge is 0.269 e. The van der Waals surface area contributed by atoms with Gasteiger partial charge < -0.3 is 0 Å². The third-order valence-electron chi connectivity index (χ3n) is 4.09. The highest BCUT2D eigenvalue weighted by molar-refractivity contribution is 7.71. The van der Waals surface area contributed by atoms with Crippen molar-refractivity contribution < 1.29 is 4.39 Å². The van der Waals surface area contributed by atoms with Gasteiger partial charge in [-0.3, -0.25) is 14.6 Å². The molecule has 0 saturated carbocycles. The van der Waals surface area contributed by atoms with Gasteiger partial charge in [0, 0.05) is 12.2 Å². The normalized spacial score (nSPS) is 20.4. The Morgan fingerprint density at radius 3 is 2.67 bits per heavy atom. The SMILES string of the molecule is Fc1ccc(C2CC(c3n[nH]c(=S)n3-c3cccnc3)NN2)cc1. The van der Waals surface area contributed by atoms with E-state index in [0.717, 1.165) is 23.5 Å². The second-order valence-electron chi connectivity index (χ2n) is 5.61. The minimum Gasteiger partial charge on any atom is -0.269 e. The summed E-state index contributed by atoms with van der Waals surface area (Å²) in [5.41, 5.74) is 8.37. The standard InChI is InChI=1S/C16H15FN6S/c17-11-5-3-10(4-6-11)13-8-14(20-19-13)15-21-22-16(24)23(15)12-2-1-7-18-9-12/h1-7,9,13-14,19-20H,8H2,(H,22,24). The first-order valence-corrected chi connectivity index (χ1v) is 7.97. The molecule has 1 aliphatic rings. The number of aromatic nitrogens is 4. The Bertz CT molecular complexity index is 889. The number of nitrogens with one attached hydrogen (secondary N) is 3. The molecular formula is C16H15FN6S. The predicted octanol–water partition coefficient (Wildman–Crippen LogP) is 2.74. The van der Waals surface area contributed by atoms with Gasteiger partial charge in [-0.25, -0.2) is 15.2 Å². The molecule has 0 bridgehead atoms. The highest BCUT2D eigenvalue weighted by Gasteiger charge is 2.30. The van der Waals surface area contributed by atoms with Crippen molar-refractivity contribution in [3.05, 3.63) is 70.8 Å². The van der Waals surface area contributed by atoms with Crippen molar-refractivity contribution in [3.63, 3.8) is 0 Å². The number of aromatic amines is 1. The van der Waals surface area contributed by atoms with E-state index in [1.807, 2.05) is 16.7 Å². The quantitative estimate of drug-likeness (QED) is 0.639. The predicted molar refractivity (Wildman–Crippen MR) is 89.3 cm³/mol. The second kappa shape index (κ2) is 6.23. The molecule has 1 fully saturated rings. The Morgan fingerprint density at radius 1 is 1.12 bits per heavy atom.